The van der Waals surface area contributed by atoms with Crippen LogP contribution in [-0.4, -0.2) is 32.2 Å². The number of para-hydroxylation sites is 1. The molecular formula is C15H22N2O2. The molecule has 19 heavy (non-hydrogen) atoms. The Balaban J connectivity index is 2.08. The highest BCUT2D eigenvalue weighted by Crippen LogP contribution is 2.23. The minimum absolute atomic E-state index is 0.129. The van der Waals surface area contributed by atoms with Gasteiger partial charge in [0.05, 0.1) is 6.10 Å². The maximum Gasteiger partial charge on any atom is 0.227 e. The monoisotopic (exact) mass is 262 g/mol. The van der Waals surface area contributed by atoms with Crippen LogP contribution < -0.4 is 10.2 Å². The van der Waals surface area contributed by atoms with E-state index in [1.165, 1.54) is 5.56 Å². The molecule has 4 heteroatoms. The van der Waals surface area contributed by atoms with Crippen molar-refractivity contribution in [3.05, 3.63) is 29.8 Å². The zero-order valence-electron chi connectivity index (χ0n) is 11.7. The van der Waals surface area contributed by atoms with Crippen molar-refractivity contribution in [3.63, 3.8) is 0 Å². The average molecular weight is 262 g/mol. The predicted octanol–water partition coefficient (Wildman–Crippen LogP) is 1.94. The van der Waals surface area contributed by atoms with E-state index in [1.54, 1.807) is 7.11 Å². The van der Waals surface area contributed by atoms with E-state index in [9.17, 15) is 4.79 Å². The number of carbonyl (C=O) groups is 1. The summed E-state index contributed by atoms with van der Waals surface area (Å²) < 4.78 is 5.20. The van der Waals surface area contributed by atoms with Gasteiger partial charge in [-0.3, -0.25) is 4.79 Å². The van der Waals surface area contributed by atoms with Crippen molar-refractivity contribution >= 4 is 11.6 Å². The van der Waals surface area contributed by atoms with Gasteiger partial charge in [0.1, 0.15) is 0 Å². The van der Waals surface area contributed by atoms with Crippen LogP contribution in [0.15, 0.2) is 24.3 Å². The molecule has 0 aromatic heterocycles. The van der Waals surface area contributed by atoms with Gasteiger partial charge in [-0.25, -0.2) is 0 Å². The third kappa shape index (κ3) is 3.55. The fourth-order valence-corrected chi connectivity index (χ4v) is 2.30. The van der Waals surface area contributed by atoms with Gasteiger partial charge in [0.2, 0.25) is 5.91 Å². The van der Waals surface area contributed by atoms with Crippen LogP contribution in [0.2, 0.25) is 0 Å². The summed E-state index contributed by atoms with van der Waals surface area (Å²) in [7, 11) is 1.68. The molecule has 1 aromatic carbocycles. The van der Waals surface area contributed by atoms with Crippen molar-refractivity contribution in [2.45, 2.75) is 32.4 Å². The molecule has 1 atom stereocenters. The van der Waals surface area contributed by atoms with Gasteiger partial charge in [0.15, 0.2) is 0 Å². The molecular weight excluding hydrogens is 240 g/mol. The van der Waals surface area contributed by atoms with E-state index in [0.717, 1.165) is 31.7 Å². The topological polar surface area (TPSA) is 41.6 Å². The Kier molecular flexibility index (Phi) is 4.93. The molecule has 0 bridgehead atoms. The van der Waals surface area contributed by atoms with Gasteiger partial charge in [-0.2, -0.15) is 0 Å². The molecule has 104 valence electrons. The number of ether oxygens (including phenoxy) is 1. The molecule has 0 saturated heterocycles. The number of rotatable bonds is 4. The van der Waals surface area contributed by atoms with Crippen LogP contribution in [0, 0.1) is 0 Å². The number of anilines is 1. The summed E-state index contributed by atoms with van der Waals surface area (Å²) in [5.74, 6) is 0.181. The molecule has 1 heterocycles. The highest BCUT2D eigenvalue weighted by molar-refractivity contribution is 5.94. The average Bonchev–Trinajstić information content (AvgIpc) is 2.66. The van der Waals surface area contributed by atoms with Crippen molar-refractivity contribution in [2.24, 2.45) is 0 Å². The maximum absolute atomic E-state index is 12.4. The zero-order valence-corrected chi connectivity index (χ0v) is 11.7. The van der Waals surface area contributed by atoms with Gasteiger partial charge < -0.3 is 15.0 Å². The van der Waals surface area contributed by atoms with Crippen molar-refractivity contribution in [1.29, 1.82) is 0 Å². The molecule has 1 amide bonds. The molecule has 1 aliphatic rings. The smallest absolute Gasteiger partial charge is 0.227 e. The molecule has 1 unspecified atom stereocenters. The van der Waals surface area contributed by atoms with Crippen LogP contribution in [0.1, 0.15) is 25.3 Å². The first-order valence-electron chi connectivity index (χ1n) is 6.84. The first-order valence-corrected chi connectivity index (χ1v) is 6.84. The van der Waals surface area contributed by atoms with Gasteiger partial charge in [0, 0.05) is 38.9 Å². The standard InChI is InChI=1S/C15H22N2O2/c1-12(19-2)7-8-15(18)17-10-9-16-11-13-5-3-4-6-14(13)17/h3-6,12,16H,7-11H2,1-2H3. The lowest BCUT2D eigenvalue weighted by Crippen LogP contribution is -2.35. The number of nitrogens with one attached hydrogen (secondary N) is 1. The predicted molar refractivity (Wildman–Crippen MR) is 76.2 cm³/mol. The molecule has 0 fully saturated rings. The van der Waals surface area contributed by atoms with Crippen molar-refractivity contribution in [2.75, 3.05) is 25.1 Å². The molecule has 0 saturated carbocycles. The summed E-state index contributed by atoms with van der Waals surface area (Å²) in [5.41, 5.74) is 2.23. The van der Waals surface area contributed by atoms with Gasteiger partial charge >= 0.3 is 0 Å². The summed E-state index contributed by atoms with van der Waals surface area (Å²) in [6, 6.07) is 8.11. The molecule has 0 aliphatic carbocycles. The fraction of sp³-hybridized carbons (Fsp3) is 0.533. The Bertz CT molecular complexity index is 434. The second-order valence-electron chi connectivity index (χ2n) is 4.94. The number of amides is 1. The normalized spacial score (nSPS) is 16.6. The highest BCUT2D eigenvalue weighted by Gasteiger charge is 2.20. The Hall–Kier alpha value is -1.39. The van der Waals surface area contributed by atoms with Crippen molar-refractivity contribution in [3.8, 4) is 0 Å². The summed E-state index contributed by atoms with van der Waals surface area (Å²) in [6.07, 6.45) is 1.43. The number of hydrogen-bond acceptors (Lipinski definition) is 3. The zero-order chi connectivity index (χ0) is 13.7. The molecule has 1 aromatic rings. The van der Waals surface area contributed by atoms with E-state index < -0.39 is 0 Å². The number of benzene rings is 1. The highest BCUT2D eigenvalue weighted by atomic mass is 16.5. The van der Waals surface area contributed by atoms with Gasteiger partial charge in [-0.15, -0.1) is 0 Å². The van der Waals surface area contributed by atoms with E-state index in [4.69, 9.17) is 4.74 Å². The summed E-state index contributed by atoms with van der Waals surface area (Å²) in [5, 5.41) is 3.35. The minimum Gasteiger partial charge on any atom is -0.382 e. The SMILES string of the molecule is COC(C)CCC(=O)N1CCNCc2ccccc21. The lowest BCUT2D eigenvalue weighted by Gasteiger charge is -2.23. The molecule has 1 aliphatic heterocycles. The second kappa shape index (κ2) is 6.68. The Morgan fingerprint density at radius 2 is 2.26 bits per heavy atom. The number of fused-ring (bicyclic) bond motifs is 1. The molecule has 0 radical (unpaired) electrons. The van der Waals surface area contributed by atoms with Crippen molar-refractivity contribution in [1.82, 2.24) is 5.32 Å². The third-order valence-electron chi connectivity index (χ3n) is 3.58. The third-order valence-corrected chi connectivity index (χ3v) is 3.58. The summed E-state index contributed by atoms with van der Waals surface area (Å²) >= 11 is 0. The van der Waals surface area contributed by atoms with Crippen LogP contribution in [0.3, 0.4) is 0 Å². The number of methoxy groups -OCH3 is 1. The Labute approximate surface area is 114 Å². The lowest BCUT2D eigenvalue weighted by molar-refractivity contribution is -0.119. The molecule has 2 rings (SSSR count). The van der Waals surface area contributed by atoms with Crippen LogP contribution in [0.25, 0.3) is 0 Å². The molecule has 4 nitrogen and oxygen atoms in total. The Morgan fingerprint density at radius 3 is 3.05 bits per heavy atom. The van der Waals surface area contributed by atoms with Crippen LogP contribution >= 0.6 is 0 Å². The van der Waals surface area contributed by atoms with Crippen molar-refractivity contribution < 1.29 is 9.53 Å². The first kappa shape index (κ1) is 14.0. The Morgan fingerprint density at radius 1 is 1.47 bits per heavy atom. The fourth-order valence-electron chi connectivity index (χ4n) is 2.30. The van der Waals surface area contributed by atoms with Crippen LogP contribution in [-0.2, 0) is 16.1 Å². The van der Waals surface area contributed by atoms with E-state index in [2.05, 4.69) is 11.4 Å². The lowest BCUT2D eigenvalue weighted by atomic mass is 10.1. The second-order valence-corrected chi connectivity index (χ2v) is 4.94. The van der Waals surface area contributed by atoms with Gasteiger partial charge in [0.25, 0.3) is 0 Å². The van der Waals surface area contributed by atoms with E-state index in [-0.39, 0.29) is 12.0 Å². The van der Waals surface area contributed by atoms with Crippen LogP contribution in [0.5, 0.6) is 0 Å². The summed E-state index contributed by atoms with van der Waals surface area (Å²) in [6.45, 7) is 4.39. The quantitative estimate of drug-likeness (QED) is 0.901. The number of hydrogen-bond donors (Lipinski definition) is 1. The largest absolute Gasteiger partial charge is 0.382 e. The molecule has 0 spiro atoms. The van der Waals surface area contributed by atoms with Gasteiger partial charge in [-0.1, -0.05) is 18.2 Å². The molecule has 1 N–H and O–H groups in total. The summed E-state index contributed by atoms with van der Waals surface area (Å²) in [4.78, 5) is 14.3. The number of carbonyl (C=O) groups excluding carboxylic acids is 1. The van der Waals surface area contributed by atoms with Crippen LogP contribution in [0.4, 0.5) is 5.69 Å². The van der Waals surface area contributed by atoms with E-state index in [1.807, 2.05) is 30.0 Å². The first-order chi connectivity index (χ1) is 9.22. The van der Waals surface area contributed by atoms with E-state index >= 15 is 0 Å². The maximum atomic E-state index is 12.4. The van der Waals surface area contributed by atoms with E-state index in [0.29, 0.717) is 6.42 Å². The minimum atomic E-state index is 0.129. The van der Waals surface area contributed by atoms with Gasteiger partial charge in [-0.05, 0) is 25.0 Å². The number of nitrogens with zero attached hydrogens (tertiary/aromatic N) is 1.